The van der Waals surface area contributed by atoms with Crippen LogP contribution in [0.2, 0.25) is 5.02 Å². The number of nitrogens with one attached hydrogen (secondary N) is 1. The minimum Gasteiger partial charge on any atom is -0.465 e. The lowest BCUT2D eigenvalue weighted by atomic mass is 9.91. The van der Waals surface area contributed by atoms with Crippen molar-refractivity contribution in [1.29, 1.82) is 0 Å². The molecule has 0 aromatic heterocycles. The molecule has 0 radical (unpaired) electrons. The highest BCUT2D eigenvalue weighted by atomic mass is 35.5. The molecule has 4 heterocycles. The number of nitrogen functional groups attached to an aromatic ring is 1. The average molecular weight is 838 g/mol. The highest BCUT2D eigenvalue weighted by molar-refractivity contribution is 6.33. The number of rotatable bonds is 9. The van der Waals surface area contributed by atoms with E-state index >= 15 is 0 Å². The van der Waals surface area contributed by atoms with Crippen LogP contribution in [0.25, 0.3) is 0 Å². The summed E-state index contributed by atoms with van der Waals surface area (Å²) in [5.74, 6) is -1.55. The summed E-state index contributed by atoms with van der Waals surface area (Å²) in [6.07, 6.45) is -2.41. The van der Waals surface area contributed by atoms with E-state index in [0.29, 0.717) is 90.9 Å². The zero-order valence-electron chi connectivity index (χ0n) is 32.9. The molecule has 16 heteroatoms. The van der Waals surface area contributed by atoms with E-state index in [1.165, 1.54) is 11.0 Å². The highest BCUT2D eigenvalue weighted by Gasteiger charge is 2.39. The monoisotopic (exact) mass is 837 g/mol. The Bertz CT molecular complexity index is 2010. The minimum absolute atomic E-state index is 0.0782. The van der Waals surface area contributed by atoms with Crippen LogP contribution >= 0.6 is 11.6 Å². The lowest BCUT2D eigenvalue weighted by Crippen LogP contribution is -2.59. The molecule has 316 valence electrons. The summed E-state index contributed by atoms with van der Waals surface area (Å²) in [4.78, 5) is 62.7. The first-order valence-corrected chi connectivity index (χ1v) is 20.8. The van der Waals surface area contributed by atoms with Crippen molar-refractivity contribution in [3.8, 4) is 0 Å². The number of para-hydroxylation sites is 1. The molecule has 4 N–H and O–H groups in total. The molecular formula is C43H51ClF3N7O5. The predicted molar refractivity (Wildman–Crippen MR) is 218 cm³/mol. The number of carbonyl (C=O) groups is 4. The molecule has 3 saturated heterocycles. The third-order valence-electron chi connectivity index (χ3n) is 12.5. The first kappa shape index (κ1) is 42.1. The lowest BCUT2D eigenvalue weighted by molar-refractivity contribution is -0.143. The van der Waals surface area contributed by atoms with Gasteiger partial charge in [0, 0.05) is 76.5 Å². The van der Waals surface area contributed by atoms with E-state index in [1.54, 1.807) is 9.80 Å². The number of fused-ring (bicyclic) bond motifs is 1. The zero-order chi connectivity index (χ0) is 41.8. The van der Waals surface area contributed by atoms with Crippen LogP contribution < -0.4 is 11.1 Å². The second-order valence-corrected chi connectivity index (χ2v) is 16.6. The largest absolute Gasteiger partial charge is 0.465 e. The summed E-state index contributed by atoms with van der Waals surface area (Å²) in [6.45, 7) is 3.57. The second kappa shape index (κ2) is 18.1. The van der Waals surface area contributed by atoms with Crippen LogP contribution in [0.15, 0.2) is 66.7 Å². The number of alkyl halides is 3. The zero-order valence-corrected chi connectivity index (χ0v) is 33.6. The van der Waals surface area contributed by atoms with Gasteiger partial charge >= 0.3 is 18.3 Å². The number of likely N-dealkylation sites (tertiary alicyclic amines) is 2. The van der Waals surface area contributed by atoms with Gasteiger partial charge in [0.25, 0.3) is 0 Å². The molecule has 0 saturated carbocycles. The van der Waals surface area contributed by atoms with E-state index in [4.69, 9.17) is 17.3 Å². The Labute approximate surface area is 347 Å². The smallest absolute Gasteiger partial charge is 0.418 e. The molecule has 4 aliphatic heterocycles. The lowest BCUT2D eigenvalue weighted by Gasteiger charge is -2.46. The Balaban J connectivity index is 1.01. The Kier molecular flexibility index (Phi) is 12.9. The average Bonchev–Trinajstić information content (AvgIpc) is 3.39. The maximum absolute atomic E-state index is 14.4. The number of halogens is 4. The molecule has 12 nitrogen and oxygen atoms in total. The molecule has 0 spiro atoms. The number of amides is 5. The first-order valence-electron chi connectivity index (χ1n) is 20.4. The SMILES string of the molecule is Nc1c(Cl)cc(C[C@@H](CC(=O)N2CCC(N3CCc4ccccc4NC3=O)CC2)C(=O)N2CCC(N3CCN(C(=O)O)C(Cc4ccccc4)C3)CC2)cc1C(F)(F)F. The summed E-state index contributed by atoms with van der Waals surface area (Å²) in [5.41, 5.74) is 7.10. The normalized spacial score (nSPS) is 20.5. The molecule has 0 aliphatic carbocycles. The van der Waals surface area contributed by atoms with Crippen molar-refractivity contribution in [2.75, 3.05) is 63.4 Å². The summed E-state index contributed by atoms with van der Waals surface area (Å²) < 4.78 is 41.9. The topological polar surface area (TPSA) is 143 Å². The fourth-order valence-electron chi connectivity index (χ4n) is 9.30. The van der Waals surface area contributed by atoms with Gasteiger partial charge in [0.1, 0.15) is 0 Å². The number of nitrogens with two attached hydrogens (primary N) is 1. The third kappa shape index (κ3) is 9.89. The molecule has 3 aromatic rings. The summed E-state index contributed by atoms with van der Waals surface area (Å²) in [5, 5.41) is 12.7. The molecule has 59 heavy (non-hydrogen) atoms. The number of hydrogen-bond acceptors (Lipinski definition) is 6. The molecule has 7 rings (SSSR count). The number of nitrogens with zero attached hydrogens (tertiary/aromatic N) is 5. The Morgan fingerprint density at radius 2 is 1.51 bits per heavy atom. The number of piperidine rings is 2. The molecule has 5 amide bonds. The predicted octanol–water partition coefficient (Wildman–Crippen LogP) is 6.47. The fraction of sp³-hybridized carbons (Fsp3) is 0.488. The number of hydrogen-bond donors (Lipinski definition) is 3. The maximum atomic E-state index is 14.4. The van der Waals surface area contributed by atoms with Crippen molar-refractivity contribution in [2.45, 2.75) is 75.7 Å². The molecule has 1 unspecified atom stereocenters. The standard InChI is InChI=1S/C43H51ClF3N7O5/c44-36-25-29(24-35(39(36)48)43(45,46)47)22-31(26-38(55)50-15-13-33(14-16-50)53-19-10-30-8-4-5-9-37(30)49-41(53)57)40(56)51-17-11-32(12-18-51)52-20-21-54(42(58)59)34(27-52)23-28-6-2-1-3-7-28/h1-9,24-25,31-34H,10-23,26-27,48H2,(H,49,57)(H,58,59)/t31-,34?/m0/s1. The van der Waals surface area contributed by atoms with Gasteiger partial charge in [0.15, 0.2) is 0 Å². The number of anilines is 2. The number of piperazine rings is 1. The van der Waals surface area contributed by atoms with Gasteiger partial charge in [-0.25, -0.2) is 9.59 Å². The Morgan fingerprint density at radius 3 is 2.20 bits per heavy atom. The van der Waals surface area contributed by atoms with Gasteiger partial charge in [-0.3, -0.25) is 14.5 Å². The quantitative estimate of drug-likeness (QED) is 0.210. The number of benzene rings is 3. The van der Waals surface area contributed by atoms with Crippen molar-refractivity contribution >= 4 is 46.9 Å². The van der Waals surface area contributed by atoms with E-state index < -0.39 is 29.4 Å². The Hall–Kier alpha value is -5.02. The van der Waals surface area contributed by atoms with Gasteiger partial charge in [0.05, 0.1) is 28.2 Å². The van der Waals surface area contributed by atoms with Gasteiger partial charge in [-0.1, -0.05) is 60.1 Å². The molecule has 3 aromatic carbocycles. The van der Waals surface area contributed by atoms with Gasteiger partial charge in [-0.05, 0) is 79.8 Å². The van der Waals surface area contributed by atoms with Crippen molar-refractivity contribution in [3.63, 3.8) is 0 Å². The molecule has 0 bridgehead atoms. The van der Waals surface area contributed by atoms with E-state index in [0.717, 1.165) is 22.9 Å². The molecule has 2 atom stereocenters. The van der Waals surface area contributed by atoms with Crippen LogP contribution in [0.5, 0.6) is 0 Å². The van der Waals surface area contributed by atoms with E-state index in [9.17, 15) is 37.5 Å². The number of carboxylic acid groups (broad SMARTS) is 1. The van der Waals surface area contributed by atoms with Gasteiger partial charge < -0.3 is 35.8 Å². The van der Waals surface area contributed by atoms with Gasteiger partial charge in [-0.2, -0.15) is 13.2 Å². The maximum Gasteiger partial charge on any atom is 0.418 e. The summed E-state index contributed by atoms with van der Waals surface area (Å²) >= 11 is 6.19. The minimum atomic E-state index is -4.77. The van der Waals surface area contributed by atoms with Gasteiger partial charge in [0.2, 0.25) is 11.8 Å². The van der Waals surface area contributed by atoms with Crippen LogP contribution in [0, 0.1) is 5.92 Å². The Morgan fingerprint density at radius 1 is 0.847 bits per heavy atom. The first-order chi connectivity index (χ1) is 28.2. The second-order valence-electron chi connectivity index (χ2n) is 16.2. The van der Waals surface area contributed by atoms with E-state index in [2.05, 4.69) is 10.2 Å². The van der Waals surface area contributed by atoms with Gasteiger partial charge in [-0.15, -0.1) is 0 Å². The molecular weight excluding hydrogens is 787 g/mol. The van der Waals surface area contributed by atoms with Crippen molar-refractivity contribution in [3.05, 3.63) is 94.0 Å². The highest BCUT2D eigenvalue weighted by Crippen LogP contribution is 2.39. The van der Waals surface area contributed by atoms with Crippen LogP contribution in [0.4, 0.5) is 34.1 Å². The van der Waals surface area contributed by atoms with E-state index in [1.807, 2.05) is 59.5 Å². The van der Waals surface area contributed by atoms with Crippen molar-refractivity contribution in [2.24, 2.45) is 5.92 Å². The van der Waals surface area contributed by atoms with E-state index in [-0.39, 0.29) is 59.4 Å². The van der Waals surface area contributed by atoms with Crippen LogP contribution in [-0.2, 0) is 35.0 Å². The van der Waals surface area contributed by atoms with Crippen LogP contribution in [0.1, 0.15) is 54.4 Å². The molecule has 3 fully saturated rings. The van der Waals surface area contributed by atoms with Crippen LogP contribution in [0.3, 0.4) is 0 Å². The number of urea groups is 1. The summed E-state index contributed by atoms with van der Waals surface area (Å²) in [7, 11) is 0. The van der Waals surface area contributed by atoms with Crippen molar-refractivity contribution in [1.82, 2.24) is 24.5 Å². The summed E-state index contributed by atoms with van der Waals surface area (Å²) in [6, 6.07) is 19.4. The molecule has 4 aliphatic rings. The van der Waals surface area contributed by atoms with Crippen molar-refractivity contribution < 1.29 is 37.5 Å². The fourth-order valence-corrected chi connectivity index (χ4v) is 9.54. The number of carbonyl (C=O) groups excluding carboxylic acids is 3. The van der Waals surface area contributed by atoms with Crippen LogP contribution in [-0.4, -0.2) is 124 Å². The third-order valence-corrected chi connectivity index (χ3v) is 12.8.